The molecule has 134 valence electrons. The number of amides is 1. The van der Waals surface area contributed by atoms with E-state index in [2.05, 4.69) is 5.32 Å². The third kappa shape index (κ3) is 4.76. The van der Waals surface area contributed by atoms with Crippen molar-refractivity contribution in [2.24, 2.45) is 0 Å². The molecule has 0 aromatic heterocycles. The minimum atomic E-state index is -3.78. The fourth-order valence-electron chi connectivity index (χ4n) is 2.29. The van der Waals surface area contributed by atoms with E-state index in [0.717, 1.165) is 9.20 Å². The summed E-state index contributed by atoms with van der Waals surface area (Å²) in [5, 5.41) is 3.22. The molecule has 8 heteroatoms. The van der Waals surface area contributed by atoms with Gasteiger partial charge in [-0.15, -0.1) is 11.8 Å². The van der Waals surface area contributed by atoms with Gasteiger partial charge in [-0.25, -0.2) is 8.42 Å². The number of halogens is 1. The number of carbonyl (C=O) groups excluding carboxylic acids is 1. The molecular formula is C17H19ClN2O3S2. The molecule has 0 unspecified atom stereocenters. The molecule has 0 aliphatic heterocycles. The van der Waals surface area contributed by atoms with Crippen LogP contribution in [0.2, 0.25) is 5.02 Å². The van der Waals surface area contributed by atoms with Crippen molar-refractivity contribution >= 4 is 45.0 Å². The van der Waals surface area contributed by atoms with E-state index in [0.29, 0.717) is 16.3 Å². The number of hydrogen-bond donors (Lipinski definition) is 1. The number of aryl methyl sites for hydroxylation is 1. The van der Waals surface area contributed by atoms with Crippen molar-refractivity contribution in [3.8, 4) is 0 Å². The van der Waals surface area contributed by atoms with Gasteiger partial charge < -0.3 is 5.32 Å². The first-order valence-corrected chi connectivity index (χ1v) is 10.5. The van der Waals surface area contributed by atoms with Crippen LogP contribution >= 0.6 is 23.4 Å². The van der Waals surface area contributed by atoms with Crippen LogP contribution in [-0.2, 0) is 14.8 Å². The molecular weight excluding hydrogens is 380 g/mol. The minimum Gasteiger partial charge on any atom is -0.324 e. The van der Waals surface area contributed by atoms with Crippen molar-refractivity contribution in [2.75, 3.05) is 25.2 Å². The normalized spacial score (nSPS) is 11.6. The van der Waals surface area contributed by atoms with Crippen molar-refractivity contribution in [3.05, 3.63) is 53.1 Å². The maximum Gasteiger partial charge on any atom is 0.243 e. The standard InChI is InChI=1S/C17H19ClN2O3S2/c1-12-10-13(18)8-9-16(12)25(22,23)20(2)11-17(21)19-14-6-4-5-7-15(14)24-3/h4-10H,11H2,1-3H3,(H,19,21). The fraction of sp³-hybridized carbons (Fsp3) is 0.235. The van der Waals surface area contributed by atoms with Gasteiger partial charge in [0.15, 0.2) is 0 Å². The molecule has 0 saturated heterocycles. The van der Waals surface area contributed by atoms with Crippen LogP contribution in [0.1, 0.15) is 5.56 Å². The topological polar surface area (TPSA) is 66.5 Å². The molecule has 0 atom stereocenters. The van der Waals surface area contributed by atoms with Crippen molar-refractivity contribution < 1.29 is 13.2 Å². The van der Waals surface area contributed by atoms with Crippen molar-refractivity contribution in [3.63, 3.8) is 0 Å². The molecule has 5 nitrogen and oxygen atoms in total. The molecule has 0 bridgehead atoms. The molecule has 0 aliphatic rings. The summed E-state index contributed by atoms with van der Waals surface area (Å²) in [4.78, 5) is 13.3. The highest BCUT2D eigenvalue weighted by Gasteiger charge is 2.25. The highest BCUT2D eigenvalue weighted by atomic mass is 35.5. The SMILES string of the molecule is CSc1ccccc1NC(=O)CN(C)S(=O)(=O)c1ccc(Cl)cc1C. The molecule has 0 spiro atoms. The Morgan fingerprint density at radius 1 is 1.24 bits per heavy atom. The Labute approximate surface area is 157 Å². The number of rotatable bonds is 6. The van der Waals surface area contributed by atoms with Gasteiger partial charge in [-0.3, -0.25) is 4.79 Å². The Morgan fingerprint density at radius 2 is 1.92 bits per heavy atom. The lowest BCUT2D eigenvalue weighted by Crippen LogP contribution is -2.35. The second kappa shape index (κ2) is 8.23. The predicted octanol–water partition coefficient (Wildman–Crippen LogP) is 3.63. The highest BCUT2D eigenvalue weighted by molar-refractivity contribution is 7.98. The number of para-hydroxylation sites is 1. The summed E-state index contributed by atoms with van der Waals surface area (Å²) in [7, 11) is -2.40. The molecule has 0 saturated carbocycles. The largest absolute Gasteiger partial charge is 0.324 e. The van der Waals surface area contributed by atoms with E-state index in [1.807, 2.05) is 24.5 Å². The number of nitrogens with one attached hydrogen (secondary N) is 1. The summed E-state index contributed by atoms with van der Waals surface area (Å²) < 4.78 is 26.4. The maximum absolute atomic E-state index is 12.7. The molecule has 1 N–H and O–H groups in total. The Balaban J connectivity index is 2.15. The number of carbonyl (C=O) groups is 1. The lowest BCUT2D eigenvalue weighted by atomic mass is 10.2. The van der Waals surface area contributed by atoms with Crippen LogP contribution in [0.15, 0.2) is 52.3 Å². The molecule has 0 heterocycles. The Kier molecular flexibility index (Phi) is 6.51. The number of likely N-dealkylation sites (N-methyl/N-ethyl adjacent to an activating group) is 1. The number of benzene rings is 2. The quantitative estimate of drug-likeness (QED) is 0.754. The Morgan fingerprint density at radius 3 is 2.56 bits per heavy atom. The third-order valence-electron chi connectivity index (χ3n) is 3.57. The first kappa shape index (κ1) is 19.8. The fourth-order valence-corrected chi connectivity index (χ4v) is 4.40. The third-order valence-corrected chi connectivity index (χ3v) is 6.57. The molecule has 2 rings (SSSR count). The summed E-state index contributed by atoms with van der Waals surface area (Å²) in [6.45, 7) is 1.38. The maximum atomic E-state index is 12.7. The van der Waals surface area contributed by atoms with Crippen LogP contribution < -0.4 is 5.32 Å². The second-order valence-corrected chi connectivity index (χ2v) is 8.72. The van der Waals surface area contributed by atoms with Gasteiger partial charge in [0.2, 0.25) is 15.9 Å². The zero-order valence-electron chi connectivity index (χ0n) is 14.1. The average molecular weight is 399 g/mol. The van der Waals surface area contributed by atoms with E-state index in [1.54, 1.807) is 19.1 Å². The second-order valence-electron chi connectivity index (χ2n) is 5.42. The van der Waals surface area contributed by atoms with Gasteiger partial charge in [-0.2, -0.15) is 4.31 Å². The molecule has 2 aromatic rings. The van der Waals surface area contributed by atoms with Gasteiger partial charge in [-0.1, -0.05) is 23.7 Å². The van der Waals surface area contributed by atoms with Gasteiger partial charge in [0.1, 0.15) is 0 Å². The van der Waals surface area contributed by atoms with Crippen molar-refractivity contribution in [1.82, 2.24) is 4.31 Å². The van der Waals surface area contributed by atoms with Gasteiger partial charge in [-0.05, 0) is 49.1 Å². The predicted molar refractivity (Wildman–Crippen MR) is 103 cm³/mol. The Bertz CT molecular complexity index is 885. The molecule has 1 amide bonds. The van der Waals surface area contributed by atoms with E-state index in [1.165, 1.54) is 30.9 Å². The van der Waals surface area contributed by atoms with E-state index >= 15 is 0 Å². The van der Waals surface area contributed by atoms with Gasteiger partial charge in [0.05, 0.1) is 17.1 Å². The van der Waals surface area contributed by atoms with Gasteiger partial charge in [0.25, 0.3) is 0 Å². The molecule has 25 heavy (non-hydrogen) atoms. The van der Waals surface area contributed by atoms with Crippen LogP contribution in [-0.4, -0.2) is 38.5 Å². The van der Waals surface area contributed by atoms with E-state index < -0.39 is 15.9 Å². The van der Waals surface area contributed by atoms with E-state index in [4.69, 9.17) is 11.6 Å². The molecule has 0 radical (unpaired) electrons. The van der Waals surface area contributed by atoms with E-state index in [-0.39, 0.29) is 11.4 Å². The van der Waals surface area contributed by atoms with Crippen molar-refractivity contribution in [2.45, 2.75) is 16.7 Å². The van der Waals surface area contributed by atoms with Crippen LogP contribution in [0.25, 0.3) is 0 Å². The lowest BCUT2D eigenvalue weighted by Gasteiger charge is -2.18. The first-order valence-electron chi connectivity index (χ1n) is 7.41. The minimum absolute atomic E-state index is 0.136. The monoisotopic (exact) mass is 398 g/mol. The van der Waals surface area contributed by atoms with Crippen LogP contribution in [0.4, 0.5) is 5.69 Å². The molecule has 0 aliphatic carbocycles. The number of sulfonamides is 1. The summed E-state index contributed by atoms with van der Waals surface area (Å²) >= 11 is 7.38. The number of hydrogen-bond acceptors (Lipinski definition) is 4. The smallest absolute Gasteiger partial charge is 0.243 e. The highest BCUT2D eigenvalue weighted by Crippen LogP contribution is 2.25. The number of nitrogens with zero attached hydrogens (tertiary/aromatic N) is 1. The average Bonchev–Trinajstić information content (AvgIpc) is 2.54. The summed E-state index contributed by atoms with van der Waals surface area (Å²) in [5.74, 6) is -0.404. The van der Waals surface area contributed by atoms with E-state index in [9.17, 15) is 13.2 Å². The van der Waals surface area contributed by atoms with Crippen molar-refractivity contribution in [1.29, 1.82) is 0 Å². The van der Waals surface area contributed by atoms with Crippen LogP contribution in [0, 0.1) is 6.92 Å². The zero-order chi connectivity index (χ0) is 18.6. The Hall–Kier alpha value is -1.54. The molecule has 2 aromatic carbocycles. The summed E-state index contributed by atoms with van der Waals surface area (Å²) in [5.41, 5.74) is 1.20. The molecule has 0 fully saturated rings. The number of anilines is 1. The number of thioether (sulfide) groups is 1. The van der Waals surface area contributed by atoms with Crippen LogP contribution in [0.5, 0.6) is 0 Å². The first-order chi connectivity index (χ1) is 11.8. The zero-order valence-corrected chi connectivity index (χ0v) is 16.5. The summed E-state index contributed by atoms with van der Waals surface area (Å²) in [6, 6.07) is 11.9. The van der Waals surface area contributed by atoms with Gasteiger partial charge >= 0.3 is 0 Å². The van der Waals surface area contributed by atoms with Gasteiger partial charge in [0, 0.05) is 17.0 Å². The summed E-state index contributed by atoms with van der Waals surface area (Å²) in [6.07, 6.45) is 1.91. The lowest BCUT2D eigenvalue weighted by molar-refractivity contribution is -0.116. The van der Waals surface area contributed by atoms with Crippen LogP contribution in [0.3, 0.4) is 0 Å².